The van der Waals surface area contributed by atoms with Crippen LogP contribution in [0.15, 0.2) is 65.6 Å². The van der Waals surface area contributed by atoms with Crippen molar-refractivity contribution >= 4 is 75.4 Å². The Morgan fingerprint density at radius 1 is 0.879 bits per heavy atom. The Bertz CT molecular complexity index is 1240. The molecule has 4 nitrogen and oxygen atoms in total. The molecule has 0 unspecified atom stereocenters. The molecule has 1 heterocycles. The fourth-order valence-corrected chi connectivity index (χ4v) is 5.10. The molecular formula is C24H15Cl4NO3S. The highest BCUT2D eigenvalue weighted by Crippen LogP contribution is 2.39. The monoisotopic (exact) mass is 537 g/mol. The van der Waals surface area contributed by atoms with Crippen molar-refractivity contribution < 1.29 is 14.3 Å². The third-order valence-electron chi connectivity index (χ3n) is 4.80. The second-order valence-electron chi connectivity index (χ2n) is 7.05. The van der Waals surface area contributed by atoms with E-state index in [0.29, 0.717) is 37.0 Å². The Kier molecular flexibility index (Phi) is 7.57. The molecule has 0 spiro atoms. The van der Waals surface area contributed by atoms with Crippen molar-refractivity contribution in [2.45, 2.75) is 13.2 Å². The molecule has 0 radical (unpaired) electrons. The molecule has 0 atom stereocenters. The molecule has 1 aliphatic rings. The summed E-state index contributed by atoms with van der Waals surface area (Å²) in [5, 5.41) is 1.00. The van der Waals surface area contributed by atoms with Gasteiger partial charge in [0.1, 0.15) is 12.4 Å². The van der Waals surface area contributed by atoms with Gasteiger partial charge in [-0.15, -0.1) is 0 Å². The molecule has 0 aliphatic carbocycles. The quantitative estimate of drug-likeness (QED) is 0.297. The van der Waals surface area contributed by atoms with E-state index in [0.717, 1.165) is 22.2 Å². The van der Waals surface area contributed by atoms with Gasteiger partial charge in [-0.3, -0.25) is 14.5 Å². The number of carbonyl (C=O) groups is 2. The molecule has 168 valence electrons. The molecule has 4 rings (SSSR count). The number of nitrogens with zero attached hydrogens (tertiary/aromatic N) is 1. The minimum absolute atomic E-state index is 0.0336. The normalized spacial score (nSPS) is 14.9. The second kappa shape index (κ2) is 10.4. The maximum absolute atomic E-state index is 13.0. The van der Waals surface area contributed by atoms with Crippen LogP contribution < -0.4 is 4.74 Å². The van der Waals surface area contributed by atoms with E-state index in [2.05, 4.69) is 0 Å². The summed E-state index contributed by atoms with van der Waals surface area (Å²) < 4.78 is 5.95. The third kappa shape index (κ3) is 5.51. The molecule has 0 bridgehead atoms. The van der Waals surface area contributed by atoms with Crippen LogP contribution in [0.5, 0.6) is 5.75 Å². The molecule has 1 saturated heterocycles. The van der Waals surface area contributed by atoms with E-state index in [9.17, 15) is 9.59 Å². The minimum atomic E-state index is -0.467. The average molecular weight is 539 g/mol. The number of halogens is 4. The molecule has 0 N–H and O–H groups in total. The van der Waals surface area contributed by atoms with Gasteiger partial charge in [0.2, 0.25) is 0 Å². The van der Waals surface area contributed by atoms with Crippen molar-refractivity contribution in [2.75, 3.05) is 0 Å². The lowest BCUT2D eigenvalue weighted by molar-refractivity contribution is -0.123. The summed E-state index contributed by atoms with van der Waals surface area (Å²) in [6.07, 6.45) is 1.55. The van der Waals surface area contributed by atoms with Crippen LogP contribution in [0.1, 0.15) is 16.7 Å². The van der Waals surface area contributed by atoms with E-state index in [4.69, 9.17) is 51.1 Å². The van der Waals surface area contributed by atoms with Gasteiger partial charge in [0.25, 0.3) is 11.1 Å². The number of hydrogen-bond donors (Lipinski definition) is 0. The Morgan fingerprint density at radius 3 is 2.27 bits per heavy atom. The number of rotatable bonds is 6. The number of carbonyl (C=O) groups excluding carboxylic acids is 2. The molecule has 9 heteroatoms. The number of amides is 2. The van der Waals surface area contributed by atoms with E-state index >= 15 is 0 Å². The summed E-state index contributed by atoms with van der Waals surface area (Å²) >= 11 is 25.8. The van der Waals surface area contributed by atoms with E-state index in [-0.39, 0.29) is 18.1 Å². The third-order valence-corrected chi connectivity index (χ3v) is 6.92. The van der Waals surface area contributed by atoms with E-state index in [1.165, 1.54) is 0 Å². The standard InChI is InChI=1S/C24H15Cl4NO3S/c25-16-9-15(22(20(28)11-16)32-13-14-5-2-1-3-6-14)10-21-23(30)29(24(31)33-21)12-17-18(26)7-4-8-19(17)27/h1-11H,12-13H2/b21-10-. The first kappa shape index (κ1) is 24.0. The lowest BCUT2D eigenvalue weighted by atomic mass is 10.1. The van der Waals surface area contributed by atoms with Crippen LogP contribution in [-0.2, 0) is 17.9 Å². The van der Waals surface area contributed by atoms with Gasteiger partial charge < -0.3 is 4.74 Å². The lowest BCUT2D eigenvalue weighted by Gasteiger charge is -2.15. The summed E-state index contributed by atoms with van der Waals surface area (Å²) in [7, 11) is 0. The first-order valence-electron chi connectivity index (χ1n) is 9.67. The minimum Gasteiger partial charge on any atom is -0.487 e. The molecule has 0 aromatic heterocycles. The second-order valence-corrected chi connectivity index (χ2v) is 9.70. The maximum atomic E-state index is 13.0. The van der Waals surface area contributed by atoms with Crippen molar-refractivity contribution in [3.05, 3.63) is 102 Å². The lowest BCUT2D eigenvalue weighted by Crippen LogP contribution is -2.27. The predicted molar refractivity (Wildman–Crippen MR) is 135 cm³/mol. The Hall–Kier alpha value is -2.15. The van der Waals surface area contributed by atoms with Crippen molar-refractivity contribution in [1.29, 1.82) is 0 Å². The molecule has 1 fully saturated rings. The smallest absolute Gasteiger partial charge is 0.293 e. The van der Waals surface area contributed by atoms with Crippen molar-refractivity contribution in [1.82, 2.24) is 4.90 Å². The molecular weight excluding hydrogens is 524 g/mol. The largest absolute Gasteiger partial charge is 0.487 e. The fourth-order valence-electron chi connectivity index (χ4n) is 3.19. The summed E-state index contributed by atoms with van der Waals surface area (Å²) in [5.74, 6) is -0.100. The number of thioether (sulfide) groups is 1. The maximum Gasteiger partial charge on any atom is 0.293 e. The van der Waals surface area contributed by atoms with Gasteiger partial charge in [-0.2, -0.15) is 0 Å². The molecule has 0 saturated carbocycles. The average Bonchev–Trinajstić information content (AvgIpc) is 3.03. The van der Waals surface area contributed by atoms with Gasteiger partial charge in [-0.1, -0.05) is 82.8 Å². The van der Waals surface area contributed by atoms with Crippen LogP contribution >= 0.6 is 58.2 Å². The first-order valence-corrected chi connectivity index (χ1v) is 12.0. The van der Waals surface area contributed by atoms with Crippen LogP contribution in [0.4, 0.5) is 4.79 Å². The van der Waals surface area contributed by atoms with Crippen LogP contribution in [-0.4, -0.2) is 16.0 Å². The van der Waals surface area contributed by atoms with E-state index < -0.39 is 11.1 Å². The predicted octanol–water partition coefficient (Wildman–Crippen LogP) is 8.12. The SMILES string of the molecule is O=C1S/C(=C\c2cc(Cl)cc(Cl)c2OCc2ccccc2)C(=O)N1Cc1c(Cl)cccc1Cl. The van der Waals surface area contributed by atoms with Gasteiger partial charge in [0.15, 0.2) is 0 Å². The summed E-state index contributed by atoms with van der Waals surface area (Å²) in [4.78, 5) is 26.9. The van der Waals surface area contributed by atoms with Crippen molar-refractivity contribution in [3.63, 3.8) is 0 Å². The Balaban J connectivity index is 1.62. The molecule has 3 aromatic carbocycles. The van der Waals surface area contributed by atoms with E-state index in [1.54, 1.807) is 36.4 Å². The zero-order chi connectivity index (χ0) is 23.5. The molecule has 33 heavy (non-hydrogen) atoms. The van der Waals surface area contributed by atoms with Gasteiger partial charge in [-0.25, -0.2) is 0 Å². The Labute approximate surface area is 215 Å². The fraction of sp³-hybridized carbons (Fsp3) is 0.0833. The van der Waals surface area contributed by atoms with Crippen molar-refractivity contribution in [3.8, 4) is 5.75 Å². The zero-order valence-corrected chi connectivity index (χ0v) is 20.7. The molecule has 2 amide bonds. The molecule has 3 aromatic rings. The highest BCUT2D eigenvalue weighted by atomic mass is 35.5. The Morgan fingerprint density at radius 2 is 1.58 bits per heavy atom. The van der Waals surface area contributed by atoms with Crippen molar-refractivity contribution in [2.24, 2.45) is 0 Å². The van der Waals surface area contributed by atoms with Gasteiger partial charge in [-0.05, 0) is 47.7 Å². The summed E-state index contributed by atoms with van der Waals surface area (Å²) in [6, 6.07) is 17.8. The highest BCUT2D eigenvalue weighted by molar-refractivity contribution is 8.18. The number of imide groups is 1. The highest BCUT2D eigenvalue weighted by Gasteiger charge is 2.36. The number of benzene rings is 3. The van der Waals surface area contributed by atoms with Gasteiger partial charge in [0, 0.05) is 26.2 Å². The van der Waals surface area contributed by atoms with Gasteiger partial charge in [0.05, 0.1) is 16.5 Å². The number of ether oxygens (including phenoxy) is 1. The topological polar surface area (TPSA) is 46.6 Å². The van der Waals surface area contributed by atoms with E-state index in [1.807, 2.05) is 30.3 Å². The first-order chi connectivity index (χ1) is 15.8. The number of hydrogen-bond acceptors (Lipinski definition) is 4. The summed E-state index contributed by atoms with van der Waals surface area (Å²) in [6.45, 7) is 0.240. The van der Waals surface area contributed by atoms with Gasteiger partial charge >= 0.3 is 0 Å². The zero-order valence-electron chi connectivity index (χ0n) is 16.9. The molecule has 1 aliphatic heterocycles. The van der Waals surface area contributed by atoms with Crippen LogP contribution in [0, 0.1) is 0 Å². The summed E-state index contributed by atoms with van der Waals surface area (Å²) in [5.41, 5.74) is 1.94. The van der Waals surface area contributed by atoms with Crippen LogP contribution in [0.25, 0.3) is 6.08 Å². The van der Waals surface area contributed by atoms with Crippen LogP contribution in [0.2, 0.25) is 20.1 Å². The van der Waals surface area contributed by atoms with Crippen LogP contribution in [0.3, 0.4) is 0 Å².